The number of aromatic nitrogens is 3. The zero-order valence-corrected chi connectivity index (χ0v) is 19.9. The minimum Gasteiger partial charge on any atom is -0.495 e. The highest BCUT2D eigenvalue weighted by molar-refractivity contribution is 6.32. The smallest absolute Gasteiger partial charge is 0.452 e. The van der Waals surface area contributed by atoms with E-state index in [2.05, 4.69) is 10.2 Å². The first-order chi connectivity index (χ1) is 17.4. The summed E-state index contributed by atoms with van der Waals surface area (Å²) >= 11 is 6.45. The van der Waals surface area contributed by atoms with Crippen LogP contribution < -0.4 is 4.74 Å². The molecule has 0 aliphatic carbocycles. The number of methoxy groups -OCH3 is 1. The molecule has 0 saturated carbocycles. The van der Waals surface area contributed by atoms with Crippen molar-refractivity contribution in [2.24, 2.45) is 0 Å². The van der Waals surface area contributed by atoms with E-state index in [-0.39, 0.29) is 34.2 Å². The Morgan fingerprint density at radius 1 is 1.08 bits per heavy atom. The lowest BCUT2D eigenvalue weighted by atomic mass is 9.97. The van der Waals surface area contributed by atoms with Crippen molar-refractivity contribution in [3.63, 3.8) is 0 Å². The zero-order chi connectivity index (χ0) is 27.1. The summed E-state index contributed by atoms with van der Waals surface area (Å²) in [6.07, 6.45) is -13.4. The first-order valence-electron chi connectivity index (χ1n) is 10.7. The molecular formula is C23H18ClF6N3O4. The van der Waals surface area contributed by atoms with Gasteiger partial charge >= 0.3 is 18.3 Å². The third kappa shape index (κ3) is 5.10. The number of carbonyl (C=O) groups is 1. The second kappa shape index (κ2) is 9.86. The van der Waals surface area contributed by atoms with E-state index in [0.29, 0.717) is 16.7 Å². The molecule has 2 aromatic carbocycles. The lowest BCUT2D eigenvalue weighted by Crippen LogP contribution is -2.18. The molecule has 2 atom stereocenters. The number of alkyl halides is 6. The van der Waals surface area contributed by atoms with Gasteiger partial charge < -0.3 is 14.2 Å². The SMILES string of the molecule is CCOC(=O)CC1OC(c2cccc(OC)c2Cl)c2cc(C(F)(F)F)ccc2-n2c1nnc2C(F)(F)F. The van der Waals surface area contributed by atoms with Crippen molar-refractivity contribution in [2.45, 2.75) is 37.9 Å². The first-order valence-corrected chi connectivity index (χ1v) is 11.1. The van der Waals surface area contributed by atoms with E-state index in [1.54, 1.807) is 0 Å². The fraction of sp³-hybridized carbons (Fsp3) is 0.348. The Balaban J connectivity index is 2.03. The molecule has 4 rings (SSSR count). The normalized spacial score (nSPS) is 17.5. The van der Waals surface area contributed by atoms with E-state index in [4.69, 9.17) is 25.8 Å². The number of nitrogens with zero attached hydrogens (tertiary/aromatic N) is 3. The Morgan fingerprint density at radius 3 is 2.43 bits per heavy atom. The Kier molecular flexibility index (Phi) is 7.12. The van der Waals surface area contributed by atoms with Gasteiger partial charge in [-0.15, -0.1) is 10.2 Å². The molecule has 0 bridgehead atoms. The molecule has 0 spiro atoms. The largest absolute Gasteiger partial charge is 0.495 e. The molecule has 2 heterocycles. The lowest BCUT2D eigenvalue weighted by Gasteiger charge is -2.24. The van der Waals surface area contributed by atoms with Gasteiger partial charge in [-0.3, -0.25) is 9.36 Å². The molecular weight excluding hydrogens is 532 g/mol. The van der Waals surface area contributed by atoms with Gasteiger partial charge in [0, 0.05) is 11.1 Å². The van der Waals surface area contributed by atoms with Gasteiger partial charge in [0.2, 0.25) is 5.82 Å². The average molecular weight is 550 g/mol. The van der Waals surface area contributed by atoms with Crippen molar-refractivity contribution in [2.75, 3.05) is 13.7 Å². The highest BCUT2D eigenvalue weighted by atomic mass is 35.5. The summed E-state index contributed by atoms with van der Waals surface area (Å²) in [5.74, 6) is -2.62. The van der Waals surface area contributed by atoms with Gasteiger partial charge in [0.1, 0.15) is 18.0 Å². The van der Waals surface area contributed by atoms with Crippen molar-refractivity contribution in [3.05, 3.63) is 69.8 Å². The molecule has 198 valence electrons. The summed E-state index contributed by atoms with van der Waals surface area (Å²) in [6, 6.07) is 6.59. The summed E-state index contributed by atoms with van der Waals surface area (Å²) in [7, 11) is 1.31. The number of ether oxygens (including phenoxy) is 3. The van der Waals surface area contributed by atoms with Gasteiger partial charge in [0.05, 0.1) is 36.4 Å². The summed E-state index contributed by atoms with van der Waals surface area (Å²) < 4.78 is 99.5. The second-order valence-electron chi connectivity index (χ2n) is 7.86. The Labute approximate surface area is 210 Å². The molecule has 2 unspecified atom stereocenters. The van der Waals surface area contributed by atoms with Gasteiger partial charge in [-0.2, -0.15) is 26.3 Å². The first kappa shape index (κ1) is 26.7. The number of benzene rings is 2. The summed E-state index contributed by atoms with van der Waals surface area (Å²) in [4.78, 5) is 12.3. The van der Waals surface area contributed by atoms with Gasteiger partial charge in [0.25, 0.3) is 0 Å². The van der Waals surface area contributed by atoms with Crippen LogP contribution in [-0.4, -0.2) is 34.5 Å². The van der Waals surface area contributed by atoms with E-state index < -0.39 is 54.2 Å². The Morgan fingerprint density at radius 2 is 1.81 bits per heavy atom. The summed E-state index contributed by atoms with van der Waals surface area (Å²) in [5.41, 5.74) is -1.66. The second-order valence-corrected chi connectivity index (χ2v) is 8.24. The number of carbonyl (C=O) groups excluding carboxylic acids is 1. The maximum absolute atomic E-state index is 13.9. The number of esters is 1. The Bertz CT molecular complexity index is 1320. The molecule has 1 aliphatic rings. The molecule has 1 aliphatic heterocycles. The number of rotatable bonds is 5. The van der Waals surface area contributed by atoms with E-state index in [9.17, 15) is 31.1 Å². The molecule has 37 heavy (non-hydrogen) atoms. The molecule has 0 radical (unpaired) electrons. The van der Waals surface area contributed by atoms with Crippen LogP contribution in [0.25, 0.3) is 5.69 Å². The topological polar surface area (TPSA) is 75.5 Å². The van der Waals surface area contributed by atoms with Crippen LogP contribution in [0.5, 0.6) is 5.75 Å². The van der Waals surface area contributed by atoms with E-state index >= 15 is 0 Å². The van der Waals surface area contributed by atoms with Crippen LogP contribution in [0.2, 0.25) is 5.02 Å². The van der Waals surface area contributed by atoms with Crippen LogP contribution in [0.3, 0.4) is 0 Å². The maximum Gasteiger partial charge on any atom is 0.452 e. The van der Waals surface area contributed by atoms with Crippen LogP contribution in [0, 0.1) is 0 Å². The van der Waals surface area contributed by atoms with E-state index in [1.165, 1.54) is 32.2 Å². The number of hydrogen-bond donors (Lipinski definition) is 0. The molecule has 0 amide bonds. The average Bonchev–Trinajstić information content (AvgIpc) is 3.22. The predicted molar refractivity (Wildman–Crippen MR) is 116 cm³/mol. The van der Waals surface area contributed by atoms with E-state index in [0.717, 1.165) is 6.07 Å². The number of hydrogen-bond acceptors (Lipinski definition) is 6. The fourth-order valence-electron chi connectivity index (χ4n) is 4.01. The highest BCUT2D eigenvalue weighted by Crippen LogP contribution is 2.47. The molecule has 0 saturated heterocycles. The fourth-order valence-corrected chi connectivity index (χ4v) is 4.31. The van der Waals surface area contributed by atoms with Crippen molar-refractivity contribution < 1.29 is 45.3 Å². The summed E-state index contributed by atoms with van der Waals surface area (Å²) in [6.45, 7) is 1.51. The van der Waals surface area contributed by atoms with Crippen molar-refractivity contribution in [1.82, 2.24) is 14.8 Å². The quantitative estimate of drug-likeness (QED) is 0.284. The molecule has 0 N–H and O–H groups in total. The molecule has 0 fully saturated rings. The number of halogens is 7. The zero-order valence-electron chi connectivity index (χ0n) is 19.2. The molecule has 14 heteroatoms. The minimum atomic E-state index is -5.03. The van der Waals surface area contributed by atoms with Gasteiger partial charge in [-0.1, -0.05) is 23.7 Å². The molecule has 3 aromatic rings. The van der Waals surface area contributed by atoms with Crippen molar-refractivity contribution in [1.29, 1.82) is 0 Å². The Hall–Kier alpha value is -3.32. The molecule has 1 aromatic heterocycles. The van der Waals surface area contributed by atoms with Gasteiger partial charge in [-0.25, -0.2) is 0 Å². The lowest BCUT2D eigenvalue weighted by molar-refractivity contribution is -0.147. The van der Waals surface area contributed by atoms with Gasteiger partial charge in [0.15, 0.2) is 5.82 Å². The third-order valence-electron chi connectivity index (χ3n) is 5.56. The van der Waals surface area contributed by atoms with Crippen LogP contribution in [0.4, 0.5) is 26.3 Å². The highest BCUT2D eigenvalue weighted by Gasteiger charge is 2.44. The van der Waals surface area contributed by atoms with E-state index in [1.807, 2.05) is 0 Å². The molecule has 7 nitrogen and oxygen atoms in total. The van der Waals surface area contributed by atoms with Gasteiger partial charge in [-0.05, 0) is 31.2 Å². The van der Waals surface area contributed by atoms with Crippen LogP contribution in [0.1, 0.15) is 53.9 Å². The number of fused-ring (bicyclic) bond motifs is 3. The van der Waals surface area contributed by atoms with Crippen LogP contribution in [-0.2, 0) is 26.6 Å². The predicted octanol–water partition coefficient (Wildman–Crippen LogP) is 6.08. The van der Waals surface area contributed by atoms with Crippen LogP contribution >= 0.6 is 11.6 Å². The maximum atomic E-state index is 13.9. The standard InChI is InChI=1S/C23H18ClF6N3O4/c1-3-36-17(34)10-16-20-31-32-21(23(28,29)30)33(20)14-8-7-11(22(25,26)27)9-13(14)19(37-16)12-5-4-6-15(35-2)18(12)24/h4-9,16,19H,3,10H2,1-2H3. The van der Waals surface area contributed by atoms with Crippen LogP contribution in [0.15, 0.2) is 36.4 Å². The third-order valence-corrected chi connectivity index (χ3v) is 5.97. The van der Waals surface area contributed by atoms with Crippen molar-refractivity contribution >= 4 is 17.6 Å². The van der Waals surface area contributed by atoms with Crippen molar-refractivity contribution in [3.8, 4) is 11.4 Å². The monoisotopic (exact) mass is 549 g/mol. The summed E-state index contributed by atoms with van der Waals surface area (Å²) in [5, 5.41) is 6.79. The minimum absolute atomic E-state index is 0.0215.